The second-order valence-electron chi connectivity index (χ2n) is 5.80. The SMILES string of the molecule is O=C(NCC#Cc1ccccc1)NCC1(Sc2ccccc2)CC1. The Balaban J connectivity index is 1.39. The second kappa shape index (κ2) is 7.94. The van der Waals surface area contributed by atoms with Crippen LogP contribution >= 0.6 is 11.8 Å². The molecule has 0 radical (unpaired) electrons. The Morgan fingerprint density at radius 3 is 2.33 bits per heavy atom. The quantitative estimate of drug-likeness (QED) is 0.818. The van der Waals surface area contributed by atoms with Gasteiger partial charge in [-0.15, -0.1) is 11.8 Å². The van der Waals surface area contributed by atoms with Crippen molar-refractivity contribution in [2.45, 2.75) is 22.5 Å². The fourth-order valence-corrected chi connectivity index (χ4v) is 3.53. The van der Waals surface area contributed by atoms with Crippen LogP contribution in [0.5, 0.6) is 0 Å². The minimum absolute atomic E-state index is 0.155. The number of benzene rings is 2. The van der Waals surface area contributed by atoms with Crippen LogP contribution in [-0.4, -0.2) is 23.9 Å². The summed E-state index contributed by atoms with van der Waals surface area (Å²) in [5.74, 6) is 5.98. The average molecular weight is 336 g/mol. The molecule has 24 heavy (non-hydrogen) atoms. The third kappa shape index (κ3) is 5.07. The van der Waals surface area contributed by atoms with Crippen LogP contribution in [0.4, 0.5) is 4.79 Å². The molecule has 0 aliphatic heterocycles. The zero-order valence-corrected chi connectivity index (χ0v) is 14.2. The number of urea groups is 1. The molecular weight excluding hydrogens is 316 g/mol. The number of hydrogen-bond donors (Lipinski definition) is 2. The highest BCUT2D eigenvalue weighted by Crippen LogP contribution is 2.51. The number of carbonyl (C=O) groups excluding carboxylic acids is 1. The van der Waals surface area contributed by atoms with Gasteiger partial charge in [-0.3, -0.25) is 0 Å². The zero-order valence-electron chi connectivity index (χ0n) is 13.4. The molecule has 0 saturated heterocycles. The van der Waals surface area contributed by atoms with E-state index in [1.165, 1.54) is 4.90 Å². The molecule has 0 spiro atoms. The number of rotatable bonds is 5. The summed E-state index contributed by atoms with van der Waals surface area (Å²) in [6, 6.07) is 19.9. The van der Waals surface area contributed by atoms with Crippen molar-refractivity contribution >= 4 is 17.8 Å². The molecule has 0 unspecified atom stereocenters. The predicted octanol–water partition coefficient (Wildman–Crippen LogP) is 3.66. The van der Waals surface area contributed by atoms with Crippen LogP contribution in [0, 0.1) is 11.8 Å². The summed E-state index contributed by atoms with van der Waals surface area (Å²) in [4.78, 5) is 13.1. The van der Waals surface area contributed by atoms with Gasteiger partial charge in [0.2, 0.25) is 0 Å². The molecule has 3 nitrogen and oxygen atoms in total. The van der Waals surface area contributed by atoms with Crippen LogP contribution in [0.3, 0.4) is 0 Å². The standard InChI is InChI=1S/C20H20N2OS/c23-19(21-15-7-10-17-8-3-1-4-9-17)22-16-20(13-14-20)24-18-11-5-2-6-12-18/h1-6,8-9,11-12H,13-16H2,(H2,21,22,23). The van der Waals surface area contributed by atoms with Gasteiger partial charge in [0, 0.05) is 21.8 Å². The van der Waals surface area contributed by atoms with E-state index in [9.17, 15) is 4.79 Å². The summed E-state index contributed by atoms with van der Waals surface area (Å²) < 4.78 is 0.161. The van der Waals surface area contributed by atoms with Crippen molar-refractivity contribution in [2.24, 2.45) is 0 Å². The Morgan fingerprint density at radius 1 is 1.00 bits per heavy atom. The summed E-state index contributed by atoms with van der Waals surface area (Å²) in [6.45, 7) is 1.03. The van der Waals surface area contributed by atoms with Gasteiger partial charge in [0.05, 0.1) is 6.54 Å². The zero-order chi connectivity index (χ0) is 16.7. The topological polar surface area (TPSA) is 41.1 Å². The number of nitrogens with one attached hydrogen (secondary N) is 2. The molecule has 1 aliphatic rings. The maximum Gasteiger partial charge on any atom is 0.315 e. The van der Waals surface area contributed by atoms with Crippen LogP contribution in [-0.2, 0) is 0 Å². The first-order valence-corrected chi connectivity index (χ1v) is 8.87. The Morgan fingerprint density at radius 2 is 1.67 bits per heavy atom. The smallest absolute Gasteiger partial charge is 0.315 e. The van der Waals surface area contributed by atoms with E-state index in [1.807, 2.05) is 60.3 Å². The van der Waals surface area contributed by atoms with E-state index in [1.54, 1.807) is 0 Å². The fraction of sp³-hybridized carbons (Fsp3) is 0.250. The van der Waals surface area contributed by atoms with Crippen molar-refractivity contribution in [1.82, 2.24) is 10.6 Å². The molecule has 2 N–H and O–H groups in total. The van der Waals surface area contributed by atoms with Crippen molar-refractivity contribution in [1.29, 1.82) is 0 Å². The maximum atomic E-state index is 11.9. The molecule has 122 valence electrons. The highest BCUT2D eigenvalue weighted by molar-refractivity contribution is 8.01. The maximum absolute atomic E-state index is 11.9. The average Bonchev–Trinajstić information content (AvgIpc) is 3.39. The van der Waals surface area contributed by atoms with Gasteiger partial charge in [0.1, 0.15) is 0 Å². The van der Waals surface area contributed by atoms with Gasteiger partial charge in [-0.2, -0.15) is 0 Å². The lowest BCUT2D eigenvalue weighted by Gasteiger charge is -2.15. The van der Waals surface area contributed by atoms with Gasteiger partial charge in [-0.25, -0.2) is 4.79 Å². The summed E-state index contributed by atoms with van der Waals surface area (Å²) in [5, 5.41) is 5.75. The molecule has 0 aromatic heterocycles. The van der Waals surface area contributed by atoms with Gasteiger partial charge in [-0.1, -0.05) is 48.2 Å². The number of carbonyl (C=O) groups is 1. The lowest BCUT2D eigenvalue weighted by atomic mass is 10.2. The molecule has 3 rings (SSSR count). The van der Waals surface area contributed by atoms with Crippen molar-refractivity contribution < 1.29 is 4.79 Å². The van der Waals surface area contributed by atoms with Gasteiger partial charge in [0.15, 0.2) is 0 Å². The van der Waals surface area contributed by atoms with E-state index in [-0.39, 0.29) is 10.8 Å². The fourth-order valence-electron chi connectivity index (χ4n) is 2.29. The van der Waals surface area contributed by atoms with Crippen molar-refractivity contribution in [3.05, 3.63) is 66.2 Å². The Hall–Kier alpha value is -2.38. The van der Waals surface area contributed by atoms with Crippen LogP contribution in [0.2, 0.25) is 0 Å². The van der Waals surface area contributed by atoms with Crippen LogP contribution < -0.4 is 10.6 Å². The predicted molar refractivity (Wildman–Crippen MR) is 99.0 cm³/mol. The molecule has 0 heterocycles. The van der Waals surface area contributed by atoms with Gasteiger partial charge < -0.3 is 10.6 Å². The largest absolute Gasteiger partial charge is 0.337 e. The van der Waals surface area contributed by atoms with Gasteiger partial charge in [-0.05, 0) is 37.1 Å². The number of hydrogen-bond acceptors (Lipinski definition) is 2. The Kier molecular flexibility index (Phi) is 5.45. The first kappa shape index (κ1) is 16.5. The Labute approximate surface area is 147 Å². The molecule has 2 aromatic rings. The van der Waals surface area contributed by atoms with Crippen LogP contribution in [0.25, 0.3) is 0 Å². The van der Waals surface area contributed by atoms with E-state index in [2.05, 4.69) is 34.6 Å². The normalized spacial score (nSPS) is 14.2. The second-order valence-corrected chi connectivity index (χ2v) is 7.34. The molecule has 0 atom stereocenters. The molecular formula is C20H20N2OS. The molecule has 1 fully saturated rings. The summed E-state index contributed by atoms with van der Waals surface area (Å²) >= 11 is 1.85. The van der Waals surface area contributed by atoms with Gasteiger partial charge in [0.25, 0.3) is 0 Å². The number of amides is 2. The Bertz CT molecular complexity index is 730. The molecule has 4 heteroatoms. The molecule has 2 amide bonds. The van der Waals surface area contributed by atoms with Crippen LogP contribution in [0.1, 0.15) is 18.4 Å². The van der Waals surface area contributed by atoms with E-state index < -0.39 is 0 Å². The third-order valence-electron chi connectivity index (χ3n) is 3.80. The molecule has 0 bridgehead atoms. The van der Waals surface area contributed by atoms with Crippen molar-refractivity contribution in [3.63, 3.8) is 0 Å². The summed E-state index contributed by atoms with van der Waals surface area (Å²) in [7, 11) is 0. The third-order valence-corrected chi connectivity index (χ3v) is 5.29. The van der Waals surface area contributed by atoms with E-state index in [0.717, 1.165) is 18.4 Å². The van der Waals surface area contributed by atoms with Crippen molar-refractivity contribution in [2.75, 3.05) is 13.1 Å². The highest BCUT2D eigenvalue weighted by atomic mass is 32.2. The monoisotopic (exact) mass is 336 g/mol. The first-order chi connectivity index (χ1) is 11.8. The lowest BCUT2D eigenvalue weighted by molar-refractivity contribution is 0.242. The van der Waals surface area contributed by atoms with E-state index in [4.69, 9.17) is 0 Å². The summed E-state index contributed by atoms with van der Waals surface area (Å²) in [5.41, 5.74) is 0.955. The molecule has 2 aromatic carbocycles. The minimum atomic E-state index is -0.155. The number of thioether (sulfide) groups is 1. The van der Waals surface area contributed by atoms with Crippen molar-refractivity contribution in [3.8, 4) is 11.8 Å². The summed E-state index contributed by atoms with van der Waals surface area (Å²) in [6.07, 6.45) is 2.28. The van der Waals surface area contributed by atoms with Gasteiger partial charge >= 0.3 is 6.03 Å². The van der Waals surface area contributed by atoms with E-state index in [0.29, 0.717) is 13.1 Å². The lowest BCUT2D eigenvalue weighted by Crippen LogP contribution is -2.39. The van der Waals surface area contributed by atoms with E-state index >= 15 is 0 Å². The van der Waals surface area contributed by atoms with Crippen LogP contribution in [0.15, 0.2) is 65.6 Å². The molecule has 1 saturated carbocycles. The first-order valence-electron chi connectivity index (χ1n) is 8.06. The minimum Gasteiger partial charge on any atom is -0.337 e. The molecule has 1 aliphatic carbocycles. The highest BCUT2D eigenvalue weighted by Gasteiger charge is 2.43.